The lowest BCUT2D eigenvalue weighted by Crippen LogP contribution is -2.00. The van der Waals surface area contributed by atoms with Crippen LogP contribution in [0.15, 0.2) is 24.4 Å². The molecular formula is C11H10Cl2N4. The van der Waals surface area contributed by atoms with Crippen LogP contribution in [0.4, 0.5) is 17.5 Å². The van der Waals surface area contributed by atoms with Crippen molar-refractivity contribution in [3.8, 4) is 0 Å². The van der Waals surface area contributed by atoms with Crippen molar-refractivity contribution in [1.29, 1.82) is 0 Å². The summed E-state index contributed by atoms with van der Waals surface area (Å²) in [6.07, 6.45) is 1.44. The lowest BCUT2D eigenvalue weighted by molar-refractivity contribution is 1.18. The monoisotopic (exact) mass is 268 g/mol. The maximum Gasteiger partial charge on any atom is 0.222 e. The molecule has 0 radical (unpaired) electrons. The predicted molar refractivity (Wildman–Crippen MR) is 70.9 cm³/mol. The first-order chi connectivity index (χ1) is 8.06. The van der Waals surface area contributed by atoms with Gasteiger partial charge in [-0.15, -0.1) is 0 Å². The van der Waals surface area contributed by atoms with Gasteiger partial charge >= 0.3 is 0 Å². The van der Waals surface area contributed by atoms with Gasteiger partial charge in [-0.05, 0) is 24.6 Å². The molecule has 2 rings (SSSR count). The number of anilines is 3. The summed E-state index contributed by atoms with van der Waals surface area (Å²) in [6.45, 7) is 1.96. The first-order valence-electron chi connectivity index (χ1n) is 4.87. The molecular weight excluding hydrogens is 259 g/mol. The number of hydrogen-bond donors (Lipinski definition) is 2. The molecule has 2 aromatic rings. The zero-order chi connectivity index (χ0) is 12.4. The van der Waals surface area contributed by atoms with E-state index in [4.69, 9.17) is 28.9 Å². The van der Waals surface area contributed by atoms with Gasteiger partial charge in [-0.1, -0.05) is 29.3 Å². The highest BCUT2D eigenvalue weighted by molar-refractivity contribution is 6.34. The van der Waals surface area contributed by atoms with E-state index in [-0.39, 0.29) is 5.95 Å². The van der Waals surface area contributed by atoms with E-state index in [1.165, 1.54) is 6.20 Å². The number of nitrogens with two attached hydrogens (primary N) is 1. The summed E-state index contributed by atoms with van der Waals surface area (Å²) >= 11 is 12.0. The molecule has 0 saturated heterocycles. The number of halogens is 2. The van der Waals surface area contributed by atoms with Crippen molar-refractivity contribution in [2.75, 3.05) is 11.1 Å². The van der Waals surface area contributed by atoms with Crippen LogP contribution in [0.25, 0.3) is 0 Å². The summed E-state index contributed by atoms with van der Waals surface area (Å²) in [5, 5.41) is 3.99. The van der Waals surface area contributed by atoms with Gasteiger partial charge in [0.2, 0.25) is 5.95 Å². The third kappa shape index (κ3) is 2.78. The largest absolute Gasteiger partial charge is 0.368 e. The Morgan fingerprint density at radius 1 is 1.24 bits per heavy atom. The van der Waals surface area contributed by atoms with Crippen LogP contribution < -0.4 is 11.1 Å². The topological polar surface area (TPSA) is 63.8 Å². The summed E-state index contributed by atoms with van der Waals surface area (Å²) < 4.78 is 0. The number of aromatic nitrogens is 2. The first-order valence-corrected chi connectivity index (χ1v) is 5.63. The molecule has 0 amide bonds. The van der Waals surface area contributed by atoms with E-state index in [2.05, 4.69) is 15.3 Å². The Labute approximate surface area is 109 Å². The zero-order valence-corrected chi connectivity index (χ0v) is 10.5. The van der Waals surface area contributed by atoms with E-state index in [9.17, 15) is 0 Å². The Morgan fingerprint density at radius 2 is 2.00 bits per heavy atom. The molecule has 88 valence electrons. The second kappa shape index (κ2) is 4.77. The van der Waals surface area contributed by atoms with E-state index in [0.29, 0.717) is 15.9 Å². The molecule has 0 saturated carbocycles. The lowest BCUT2D eigenvalue weighted by Gasteiger charge is -2.09. The third-order valence-corrected chi connectivity index (χ3v) is 2.73. The summed E-state index contributed by atoms with van der Waals surface area (Å²) in [7, 11) is 0. The van der Waals surface area contributed by atoms with Crippen molar-refractivity contribution in [3.05, 3.63) is 40.0 Å². The molecule has 0 bridgehead atoms. The summed E-state index contributed by atoms with van der Waals surface area (Å²) in [5.41, 5.74) is 7.29. The maximum atomic E-state index is 6.09. The Balaban J connectivity index is 2.34. The molecule has 0 aliphatic carbocycles. The van der Waals surface area contributed by atoms with E-state index in [1.807, 2.05) is 25.1 Å². The van der Waals surface area contributed by atoms with Crippen LogP contribution in [-0.2, 0) is 0 Å². The Morgan fingerprint density at radius 3 is 2.71 bits per heavy atom. The van der Waals surface area contributed by atoms with Crippen molar-refractivity contribution in [3.63, 3.8) is 0 Å². The smallest absolute Gasteiger partial charge is 0.222 e. The zero-order valence-electron chi connectivity index (χ0n) is 9.04. The van der Waals surface area contributed by atoms with Gasteiger partial charge in [0.25, 0.3) is 0 Å². The molecule has 6 heteroatoms. The standard InChI is InChI=1S/C11H10Cl2N4/c1-6-2-3-9(7(12)4-6)16-10-8(13)5-15-11(14)17-10/h2-5H,1H3,(H3,14,15,16,17). The van der Waals surface area contributed by atoms with E-state index >= 15 is 0 Å². The summed E-state index contributed by atoms with van der Waals surface area (Å²) in [4.78, 5) is 7.78. The second-order valence-corrected chi connectivity index (χ2v) is 4.35. The van der Waals surface area contributed by atoms with Crippen LogP contribution in [0, 0.1) is 6.92 Å². The number of nitrogens with zero attached hydrogens (tertiary/aromatic N) is 2. The molecule has 0 atom stereocenters. The minimum Gasteiger partial charge on any atom is -0.368 e. The van der Waals surface area contributed by atoms with E-state index in [1.54, 1.807) is 0 Å². The minimum atomic E-state index is 0.153. The van der Waals surface area contributed by atoms with Crippen LogP contribution in [0.3, 0.4) is 0 Å². The van der Waals surface area contributed by atoms with Crippen LogP contribution >= 0.6 is 23.2 Å². The highest BCUT2D eigenvalue weighted by atomic mass is 35.5. The van der Waals surface area contributed by atoms with Gasteiger partial charge in [0.05, 0.1) is 16.9 Å². The maximum absolute atomic E-state index is 6.09. The average Bonchev–Trinajstić information content (AvgIpc) is 2.27. The quantitative estimate of drug-likeness (QED) is 0.876. The number of nitrogen functional groups attached to an aromatic ring is 1. The SMILES string of the molecule is Cc1ccc(Nc2nc(N)ncc2Cl)c(Cl)c1. The van der Waals surface area contributed by atoms with Gasteiger partial charge < -0.3 is 11.1 Å². The second-order valence-electron chi connectivity index (χ2n) is 3.53. The Kier molecular flexibility index (Phi) is 3.36. The fourth-order valence-electron chi connectivity index (χ4n) is 1.32. The van der Waals surface area contributed by atoms with E-state index < -0.39 is 0 Å². The number of hydrogen-bond acceptors (Lipinski definition) is 4. The molecule has 0 unspecified atom stereocenters. The molecule has 1 aromatic carbocycles. The van der Waals surface area contributed by atoms with Gasteiger partial charge in [-0.2, -0.15) is 4.98 Å². The molecule has 17 heavy (non-hydrogen) atoms. The summed E-state index contributed by atoms with van der Waals surface area (Å²) in [5.74, 6) is 0.588. The molecule has 0 fully saturated rings. The normalized spacial score (nSPS) is 10.3. The molecule has 3 N–H and O–H groups in total. The van der Waals surface area contributed by atoms with Gasteiger partial charge in [0.15, 0.2) is 5.82 Å². The fraction of sp³-hybridized carbons (Fsp3) is 0.0909. The molecule has 1 heterocycles. The first kappa shape index (κ1) is 12.0. The Bertz CT molecular complexity index is 557. The fourth-order valence-corrected chi connectivity index (χ4v) is 1.74. The number of rotatable bonds is 2. The predicted octanol–water partition coefficient (Wildman–Crippen LogP) is 3.42. The van der Waals surface area contributed by atoms with Gasteiger partial charge in [-0.3, -0.25) is 0 Å². The average molecular weight is 269 g/mol. The number of nitrogens with one attached hydrogen (secondary N) is 1. The number of aryl methyl sites for hydroxylation is 1. The van der Waals surface area contributed by atoms with Crippen molar-refractivity contribution >= 4 is 40.7 Å². The van der Waals surface area contributed by atoms with Crippen LogP contribution in [0.1, 0.15) is 5.56 Å². The van der Waals surface area contributed by atoms with Gasteiger partial charge in [-0.25, -0.2) is 4.98 Å². The van der Waals surface area contributed by atoms with Crippen LogP contribution in [0.2, 0.25) is 10.0 Å². The third-order valence-electron chi connectivity index (χ3n) is 2.14. The highest BCUT2D eigenvalue weighted by Crippen LogP contribution is 2.28. The molecule has 0 spiro atoms. The lowest BCUT2D eigenvalue weighted by atomic mass is 10.2. The highest BCUT2D eigenvalue weighted by Gasteiger charge is 2.06. The van der Waals surface area contributed by atoms with Gasteiger partial charge in [0, 0.05) is 0 Å². The van der Waals surface area contributed by atoms with Crippen LogP contribution in [-0.4, -0.2) is 9.97 Å². The number of benzene rings is 1. The van der Waals surface area contributed by atoms with Crippen molar-refractivity contribution in [1.82, 2.24) is 9.97 Å². The van der Waals surface area contributed by atoms with Gasteiger partial charge in [0.1, 0.15) is 5.02 Å². The van der Waals surface area contributed by atoms with Crippen molar-refractivity contribution in [2.24, 2.45) is 0 Å². The minimum absolute atomic E-state index is 0.153. The van der Waals surface area contributed by atoms with Crippen molar-refractivity contribution in [2.45, 2.75) is 6.92 Å². The summed E-state index contributed by atoms with van der Waals surface area (Å²) in [6, 6.07) is 5.64. The molecule has 0 aliphatic rings. The van der Waals surface area contributed by atoms with E-state index in [0.717, 1.165) is 11.3 Å². The van der Waals surface area contributed by atoms with Crippen molar-refractivity contribution < 1.29 is 0 Å². The molecule has 4 nitrogen and oxygen atoms in total. The molecule has 1 aromatic heterocycles. The Hall–Kier alpha value is -1.52. The molecule has 0 aliphatic heterocycles. The van der Waals surface area contributed by atoms with Crippen LogP contribution in [0.5, 0.6) is 0 Å².